The van der Waals surface area contributed by atoms with Crippen molar-refractivity contribution in [3.63, 3.8) is 0 Å². The van der Waals surface area contributed by atoms with Crippen LogP contribution in [0, 0.1) is 5.92 Å². The normalized spacial score (nSPS) is 16.8. The molecule has 0 radical (unpaired) electrons. The highest BCUT2D eigenvalue weighted by Gasteiger charge is 2.18. The zero-order valence-electron chi connectivity index (χ0n) is 14.3. The maximum Gasteiger partial charge on any atom is 0.244 e. The molecule has 0 aromatic heterocycles. The van der Waals surface area contributed by atoms with Crippen molar-refractivity contribution in [1.82, 2.24) is 10.2 Å². The highest BCUT2D eigenvalue weighted by molar-refractivity contribution is 7.98. The molecule has 1 N–H and O–H groups in total. The number of likely N-dealkylation sites (tertiary alicyclic amines) is 1. The molecule has 0 spiro atoms. The molecule has 4 heteroatoms. The van der Waals surface area contributed by atoms with Crippen LogP contribution >= 0.6 is 11.8 Å². The van der Waals surface area contributed by atoms with Crippen LogP contribution in [-0.4, -0.2) is 43.2 Å². The van der Waals surface area contributed by atoms with E-state index in [9.17, 15) is 4.79 Å². The van der Waals surface area contributed by atoms with E-state index in [4.69, 9.17) is 0 Å². The lowest BCUT2D eigenvalue weighted by Gasteiger charge is -2.31. The summed E-state index contributed by atoms with van der Waals surface area (Å²) in [6, 6.07) is 8.23. The Morgan fingerprint density at radius 1 is 1.30 bits per heavy atom. The van der Waals surface area contributed by atoms with E-state index in [-0.39, 0.29) is 5.91 Å². The molecular formula is C19H28N2OS. The van der Waals surface area contributed by atoms with Crippen LogP contribution in [-0.2, 0) is 4.79 Å². The number of carbonyl (C=O) groups is 1. The molecular weight excluding hydrogens is 304 g/mol. The van der Waals surface area contributed by atoms with Gasteiger partial charge in [0.15, 0.2) is 0 Å². The molecule has 0 unspecified atom stereocenters. The predicted octanol–water partition coefficient (Wildman–Crippen LogP) is 3.66. The fraction of sp³-hybridized carbons (Fsp3) is 0.526. The predicted molar refractivity (Wildman–Crippen MR) is 99.7 cm³/mol. The third-order valence-corrected chi connectivity index (χ3v) is 5.10. The Kier molecular flexibility index (Phi) is 7.69. The minimum absolute atomic E-state index is 0.00920. The van der Waals surface area contributed by atoms with Gasteiger partial charge in [0.05, 0.1) is 0 Å². The number of nitrogens with zero attached hydrogens (tertiary/aromatic N) is 1. The average molecular weight is 333 g/mol. The van der Waals surface area contributed by atoms with Crippen molar-refractivity contribution in [2.45, 2.75) is 31.1 Å². The minimum atomic E-state index is 0.00920. The summed E-state index contributed by atoms with van der Waals surface area (Å²) in [5.41, 5.74) is 1.06. The Morgan fingerprint density at radius 3 is 2.61 bits per heavy atom. The van der Waals surface area contributed by atoms with E-state index in [1.807, 2.05) is 18.2 Å². The Labute approximate surface area is 144 Å². The van der Waals surface area contributed by atoms with Gasteiger partial charge in [0, 0.05) is 17.5 Å². The minimum Gasteiger partial charge on any atom is -0.352 e. The lowest BCUT2D eigenvalue weighted by molar-refractivity contribution is -0.116. The molecule has 0 bridgehead atoms. The van der Waals surface area contributed by atoms with E-state index in [0.29, 0.717) is 5.92 Å². The van der Waals surface area contributed by atoms with Crippen LogP contribution in [0.2, 0.25) is 0 Å². The van der Waals surface area contributed by atoms with Gasteiger partial charge in [-0.1, -0.05) is 19.1 Å². The first-order valence-electron chi connectivity index (χ1n) is 8.53. The summed E-state index contributed by atoms with van der Waals surface area (Å²) in [5.74, 6) is 0.635. The molecule has 126 valence electrons. The van der Waals surface area contributed by atoms with E-state index in [1.165, 1.54) is 43.8 Å². The molecule has 0 saturated carbocycles. The van der Waals surface area contributed by atoms with Crippen LogP contribution in [0.4, 0.5) is 0 Å². The highest BCUT2D eigenvalue weighted by Crippen LogP contribution is 2.17. The standard InChI is InChI=1S/C19H28N2OS/c1-3-12-21-13-10-17(11-14-21)15-20-19(22)9-6-16-4-7-18(23-2)8-5-16/h4-9,17H,3,10-15H2,1-2H3,(H,20,22)/b9-6+. The number of nitrogens with one attached hydrogen (secondary N) is 1. The lowest BCUT2D eigenvalue weighted by Crippen LogP contribution is -2.38. The number of hydrogen-bond acceptors (Lipinski definition) is 3. The van der Waals surface area contributed by atoms with Crippen molar-refractivity contribution >= 4 is 23.7 Å². The number of amides is 1. The van der Waals surface area contributed by atoms with Gasteiger partial charge < -0.3 is 10.2 Å². The van der Waals surface area contributed by atoms with Crippen molar-refractivity contribution in [2.24, 2.45) is 5.92 Å². The lowest BCUT2D eigenvalue weighted by atomic mass is 9.96. The number of benzene rings is 1. The molecule has 1 aromatic carbocycles. The first kappa shape index (κ1) is 18.1. The van der Waals surface area contributed by atoms with Crippen LogP contribution in [0.1, 0.15) is 31.7 Å². The van der Waals surface area contributed by atoms with Crippen LogP contribution < -0.4 is 5.32 Å². The number of carbonyl (C=O) groups excluding carboxylic acids is 1. The van der Waals surface area contributed by atoms with E-state index in [2.05, 4.69) is 35.5 Å². The van der Waals surface area contributed by atoms with Crippen molar-refractivity contribution in [1.29, 1.82) is 0 Å². The summed E-state index contributed by atoms with van der Waals surface area (Å²) in [7, 11) is 0. The van der Waals surface area contributed by atoms with E-state index in [0.717, 1.165) is 12.1 Å². The second-order valence-corrected chi connectivity index (χ2v) is 7.02. The Morgan fingerprint density at radius 2 is 2.00 bits per heavy atom. The van der Waals surface area contributed by atoms with Crippen LogP contribution in [0.25, 0.3) is 6.08 Å². The molecule has 3 nitrogen and oxygen atoms in total. The van der Waals surface area contributed by atoms with Gasteiger partial charge in [-0.3, -0.25) is 4.79 Å². The third-order valence-electron chi connectivity index (χ3n) is 4.35. The smallest absolute Gasteiger partial charge is 0.244 e. The molecule has 1 aliphatic rings. The number of piperidine rings is 1. The molecule has 1 aromatic rings. The second kappa shape index (κ2) is 9.78. The van der Waals surface area contributed by atoms with Gasteiger partial charge in [-0.2, -0.15) is 0 Å². The van der Waals surface area contributed by atoms with Crippen molar-refractivity contribution in [2.75, 3.05) is 32.4 Å². The van der Waals surface area contributed by atoms with E-state index >= 15 is 0 Å². The van der Waals surface area contributed by atoms with Gasteiger partial charge in [0.25, 0.3) is 0 Å². The molecule has 0 aliphatic carbocycles. The zero-order chi connectivity index (χ0) is 16.5. The molecule has 1 heterocycles. The van der Waals surface area contributed by atoms with Gasteiger partial charge in [-0.25, -0.2) is 0 Å². The Bertz CT molecular complexity index is 505. The summed E-state index contributed by atoms with van der Waals surface area (Å²) in [5, 5.41) is 3.04. The number of hydrogen-bond donors (Lipinski definition) is 1. The summed E-state index contributed by atoms with van der Waals surface area (Å²) >= 11 is 1.72. The maximum absolute atomic E-state index is 11.9. The number of thioether (sulfide) groups is 1. The van der Waals surface area contributed by atoms with Crippen molar-refractivity contribution in [3.05, 3.63) is 35.9 Å². The molecule has 2 rings (SSSR count). The molecule has 1 aliphatic heterocycles. The summed E-state index contributed by atoms with van der Waals surface area (Å²) in [6.07, 6.45) is 9.19. The molecule has 23 heavy (non-hydrogen) atoms. The van der Waals surface area contributed by atoms with E-state index < -0.39 is 0 Å². The van der Waals surface area contributed by atoms with Gasteiger partial charge in [-0.05, 0) is 74.8 Å². The summed E-state index contributed by atoms with van der Waals surface area (Å²) < 4.78 is 0. The quantitative estimate of drug-likeness (QED) is 0.611. The van der Waals surface area contributed by atoms with Gasteiger partial charge in [0.1, 0.15) is 0 Å². The fourth-order valence-electron chi connectivity index (χ4n) is 2.92. The molecule has 1 fully saturated rings. The van der Waals surface area contributed by atoms with Crippen LogP contribution in [0.3, 0.4) is 0 Å². The first-order chi connectivity index (χ1) is 11.2. The molecule has 1 saturated heterocycles. The SMILES string of the molecule is CCCN1CCC(CNC(=O)/C=C/c2ccc(SC)cc2)CC1. The van der Waals surface area contributed by atoms with E-state index in [1.54, 1.807) is 17.8 Å². The monoisotopic (exact) mass is 332 g/mol. The largest absolute Gasteiger partial charge is 0.352 e. The Balaban J connectivity index is 1.69. The summed E-state index contributed by atoms with van der Waals surface area (Å²) in [6.45, 7) is 6.58. The Hall–Kier alpha value is -1.26. The fourth-order valence-corrected chi connectivity index (χ4v) is 3.33. The van der Waals surface area contributed by atoms with Crippen molar-refractivity contribution in [3.8, 4) is 0 Å². The van der Waals surface area contributed by atoms with Gasteiger partial charge in [0.2, 0.25) is 5.91 Å². The highest BCUT2D eigenvalue weighted by atomic mass is 32.2. The molecule has 1 amide bonds. The second-order valence-electron chi connectivity index (χ2n) is 6.14. The average Bonchev–Trinajstić information content (AvgIpc) is 2.60. The third kappa shape index (κ3) is 6.40. The zero-order valence-corrected chi connectivity index (χ0v) is 15.1. The topological polar surface area (TPSA) is 32.3 Å². The van der Waals surface area contributed by atoms with Crippen LogP contribution in [0.15, 0.2) is 35.2 Å². The van der Waals surface area contributed by atoms with Gasteiger partial charge >= 0.3 is 0 Å². The van der Waals surface area contributed by atoms with Crippen LogP contribution in [0.5, 0.6) is 0 Å². The maximum atomic E-state index is 11.9. The first-order valence-corrected chi connectivity index (χ1v) is 9.76. The molecule has 0 atom stereocenters. The van der Waals surface area contributed by atoms with Gasteiger partial charge in [-0.15, -0.1) is 11.8 Å². The number of rotatable bonds is 7. The van der Waals surface area contributed by atoms with Crippen molar-refractivity contribution < 1.29 is 4.79 Å². The summed E-state index contributed by atoms with van der Waals surface area (Å²) in [4.78, 5) is 15.7.